The first-order chi connectivity index (χ1) is 35.9. The van der Waals surface area contributed by atoms with Crippen LogP contribution >= 0.6 is 0 Å². The van der Waals surface area contributed by atoms with Crippen molar-refractivity contribution in [2.75, 3.05) is 9.80 Å². The number of benzene rings is 12. The lowest BCUT2D eigenvalue weighted by Crippen LogP contribution is -2.13. The zero-order valence-corrected chi connectivity index (χ0v) is 41.2. The minimum atomic E-state index is -0.702. The van der Waals surface area contributed by atoms with Gasteiger partial charge in [-0.05, 0) is 167 Å². The molecule has 0 spiro atoms. The smallest absolute Gasteiger partial charge is 0.128 e. The van der Waals surface area contributed by atoms with E-state index in [1.54, 1.807) is 0 Å². The summed E-state index contributed by atoms with van der Waals surface area (Å²) >= 11 is 0. The quantitative estimate of drug-likeness (QED) is 0.0995. The van der Waals surface area contributed by atoms with Crippen LogP contribution < -0.4 is 9.80 Å². The van der Waals surface area contributed by atoms with E-state index in [0.717, 1.165) is 111 Å². The minimum absolute atomic E-state index is 0.312. The molecule has 6 heteroatoms. The molecule has 0 heterocycles. The van der Waals surface area contributed by atoms with E-state index in [9.17, 15) is 0 Å². The Kier molecular flexibility index (Phi) is 11.6. The van der Waals surface area contributed by atoms with E-state index in [1.165, 1.54) is 24.3 Å². The normalized spacial score (nSPS) is 11.5. The Balaban J connectivity index is 1.12. The van der Waals surface area contributed by atoms with Gasteiger partial charge in [0.05, 0.1) is 22.7 Å². The molecule has 0 aliphatic carbocycles. The number of anilines is 6. The number of hydrogen-bond acceptors (Lipinski definition) is 2. The van der Waals surface area contributed by atoms with Crippen LogP contribution in [0.5, 0.6) is 0 Å². The van der Waals surface area contributed by atoms with Gasteiger partial charge in [0.25, 0.3) is 0 Å². The molecule has 0 amide bonds. The number of rotatable bonds is 10. The summed E-state index contributed by atoms with van der Waals surface area (Å²) < 4.78 is 62.6. The SMILES string of the molecule is Cc1cccc(-c2cc(-c3cccc(C)c3)cc(N(c3cc(F)cc(F)c3)c3ccc4ccc5c(N(c6cc(F)cc(F)c6)c6cc(-c7cccc(C)c7)cc(-c7cccc(C)c7)c6)ccc6ccc3c4c65)c2)c1. The van der Waals surface area contributed by atoms with Crippen molar-refractivity contribution in [2.45, 2.75) is 27.7 Å². The van der Waals surface area contributed by atoms with E-state index in [1.807, 2.05) is 46.2 Å². The van der Waals surface area contributed by atoms with Gasteiger partial charge in [0.15, 0.2) is 0 Å². The van der Waals surface area contributed by atoms with E-state index in [2.05, 4.69) is 173 Å². The lowest BCUT2D eigenvalue weighted by molar-refractivity contribution is 0.583. The predicted molar refractivity (Wildman–Crippen MR) is 300 cm³/mol. The highest BCUT2D eigenvalue weighted by atomic mass is 19.1. The monoisotopic (exact) mass is 968 g/mol. The van der Waals surface area contributed by atoms with Gasteiger partial charge in [-0.15, -0.1) is 0 Å². The molecule has 2 nitrogen and oxygen atoms in total. The van der Waals surface area contributed by atoms with E-state index in [-0.39, 0.29) is 0 Å². The molecule has 0 saturated carbocycles. The van der Waals surface area contributed by atoms with Crippen molar-refractivity contribution < 1.29 is 17.6 Å². The number of aryl methyl sites for hydroxylation is 4. The second kappa shape index (κ2) is 18.6. The molecule has 12 rings (SSSR count). The van der Waals surface area contributed by atoms with E-state index < -0.39 is 23.3 Å². The molecule has 0 atom stereocenters. The average Bonchev–Trinajstić information content (AvgIpc) is 3.38. The summed E-state index contributed by atoms with van der Waals surface area (Å²) in [6.07, 6.45) is 0. The molecule has 12 aromatic carbocycles. The largest absolute Gasteiger partial charge is 0.310 e. The van der Waals surface area contributed by atoms with Crippen LogP contribution in [-0.4, -0.2) is 0 Å². The molecule has 0 aliphatic heterocycles. The molecule has 358 valence electrons. The van der Waals surface area contributed by atoms with Gasteiger partial charge in [0.2, 0.25) is 0 Å². The number of hydrogen-bond donors (Lipinski definition) is 0. The van der Waals surface area contributed by atoms with E-state index in [4.69, 9.17) is 0 Å². The number of nitrogens with zero attached hydrogens (tertiary/aromatic N) is 2. The number of halogens is 4. The zero-order chi connectivity index (χ0) is 50.8. The molecule has 0 unspecified atom stereocenters. The topological polar surface area (TPSA) is 6.48 Å². The van der Waals surface area contributed by atoms with Crippen LogP contribution in [0.2, 0.25) is 0 Å². The highest BCUT2D eigenvalue weighted by Crippen LogP contribution is 2.49. The summed E-state index contributed by atoms with van der Waals surface area (Å²) in [4.78, 5) is 3.89. The van der Waals surface area contributed by atoms with E-state index >= 15 is 17.6 Å². The molecule has 0 fully saturated rings. The Morgan fingerprint density at radius 3 is 0.838 bits per heavy atom. The van der Waals surface area contributed by atoms with Gasteiger partial charge in [-0.3, -0.25) is 0 Å². The van der Waals surface area contributed by atoms with Crippen molar-refractivity contribution in [1.82, 2.24) is 0 Å². The van der Waals surface area contributed by atoms with Crippen molar-refractivity contribution in [3.8, 4) is 44.5 Å². The summed E-state index contributed by atoms with van der Waals surface area (Å²) in [5, 5.41) is 5.43. The summed E-state index contributed by atoms with van der Waals surface area (Å²) in [5.74, 6) is -2.81. The fraction of sp³-hybridized carbons (Fsp3) is 0.0588. The maximum atomic E-state index is 15.6. The lowest BCUT2D eigenvalue weighted by Gasteiger charge is -2.30. The standard InChI is InChI=1S/C68H48F4N2/c1-41-9-5-13-47(25-41)51-29-52(48-14-6-10-42(2)26-48)32-59(31-51)73(61-37-55(69)35-56(70)38-61)65-23-19-45-18-22-64-66(24-20-46-17-21-63(65)67(45)68(46)64)74(62-39-57(71)36-58(72)40-62)60-33-53(49-15-7-11-43(3)27-49)30-54(34-60)50-16-8-12-44(4)28-50/h5-40H,1-4H3. The van der Waals surface area contributed by atoms with Crippen molar-refractivity contribution in [2.24, 2.45) is 0 Å². The molecule has 0 radical (unpaired) electrons. The van der Waals surface area contributed by atoms with Crippen molar-refractivity contribution in [3.05, 3.63) is 264 Å². The zero-order valence-electron chi connectivity index (χ0n) is 41.2. The molecule has 0 aliphatic rings. The Morgan fingerprint density at radius 2 is 0.541 bits per heavy atom. The van der Waals surface area contributed by atoms with E-state index in [0.29, 0.717) is 34.1 Å². The van der Waals surface area contributed by atoms with Crippen LogP contribution in [0.1, 0.15) is 22.3 Å². The Morgan fingerprint density at radius 1 is 0.257 bits per heavy atom. The molecule has 12 aromatic rings. The Hall–Kier alpha value is -9.00. The first-order valence-electron chi connectivity index (χ1n) is 24.7. The first-order valence-corrected chi connectivity index (χ1v) is 24.7. The Labute approximate surface area is 428 Å². The van der Waals surface area contributed by atoms with Gasteiger partial charge >= 0.3 is 0 Å². The molecule has 0 N–H and O–H groups in total. The van der Waals surface area contributed by atoms with Crippen LogP contribution in [0, 0.1) is 51.0 Å². The minimum Gasteiger partial charge on any atom is -0.310 e. The summed E-state index contributed by atoms with van der Waals surface area (Å²) in [7, 11) is 0. The second-order valence-electron chi connectivity index (χ2n) is 19.5. The summed E-state index contributed by atoms with van der Waals surface area (Å²) in [5.41, 5.74) is 15.7. The molecular formula is C68H48F4N2. The summed E-state index contributed by atoms with van der Waals surface area (Å²) in [6, 6.07) is 69.7. The third-order valence-corrected chi connectivity index (χ3v) is 14.1. The van der Waals surface area contributed by atoms with Gasteiger partial charge in [0.1, 0.15) is 23.3 Å². The van der Waals surface area contributed by atoms with Gasteiger partial charge in [0, 0.05) is 34.3 Å². The first kappa shape index (κ1) is 46.1. The molecule has 0 bridgehead atoms. The highest BCUT2D eigenvalue weighted by Gasteiger charge is 2.25. The van der Waals surface area contributed by atoms with Gasteiger partial charge < -0.3 is 9.80 Å². The Bertz CT molecular complexity index is 3720. The van der Waals surface area contributed by atoms with Gasteiger partial charge in [-0.25, -0.2) is 17.6 Å². The second-order valence-corrected chi connectivity index (χ2v) is 19.5. The van der Waals surface area contributed by atoms with Gasteiger partial charge in [-0.2, -0.15) is 0 Å². The molecular weight excluding hydrogens is 921 g/mol. The van der Waals surface area contributed by atoms with Crippen molar-refractivity contribution in [3.63, 3.8) is 0 Å². The fourth-order valence-corrected chi connectivity index (χ4v) is 10.8. The van der Waals surface area contributed by atoms with Crippen LogP contribution in [0.4, 0.5) is 51.7 Å². The van der Waals surface area contributed by atoms with Crippen LogP contribution in [0.15, 0.2) is 218 Å². The van der Waals surface area contributed by atoms with Crippen molar-refractivity contribution >= 4 is 66.4 Å². The fourth-order valence-electron chi connectivity index (χ4n) is 10.8. The van der Waals surface area contributed by atoms with Crippen LogP contribution in [0.3, 0.4) is 0 Å². The predicted octanol–water partition coefficient (Wildman–Crippen LogP) is 20.0. The lowest BCUT2D eigenvalue weighted by atomic mass is 9.91. The maximum Gasteiger partial charge on any atom is 0.128 e. The highest BCUT2D eigenvalue weighted by molar-refractivity contribution is 6.28. The molecule has 0 saturated heterocycles. The van der Waals surface area contributed by atoms with Crippen LogP contribution in [0.25, 0.3) is 76.8 Å². The van der Waals surface area contributed by atoms with Crippen LogP contribution in [-0.2, 0) is 0 Å². The van der Waals surface area contributed by atoms with Crippen molar-refractivity contribution in [1.29, 1.82) is 0 Å². The maximum absolute atomic E-state index is 15.6. The third kappa shape index (κ3) is 8.68. The third-order valence-electron chi connectivity index (χ3n) is 14.1. The van der Waals surface area contributed by atoms with Gasteiger partial charge in [-0.1, -0.05) is 156 Å². The molecule has 0 aromatic heterocycles. The average molecular weight is 969 g/mol. The molecule has 74 heavy (non-hydrogen) atoms. The summed E-state index contributed by atoms with van der Waals surface area (Å²) in [6.45, 7) is 8.25.